The van der Waals surface area contributed by atoms with Crippen LogP contribution < -0.4 is 16.2 Å². The van der Waals surface area contributed by atoms with Crippen LogP contribution in [-0.2, 0) is 14.4 Å². The van der Waals surface area contributed by atoms with E-state index in [1.54, 1.807) is 11.8 Å². The maximum Gasteiger partial charge on any atom is 0.225 e. The van der Waals surface area contributed by atoms with E-state index in [4.69, 9.17) is 0 Å². The summed E-state index contributed by atoms with van der Waals surface area (Å²) < 4.78 is 0. The second-order valence-corrected chi connectivity index (χ2v) is 8.31. The Kier molecular flexibility index (Phi) is 16.8. The molecule has 0 aliphatic carbocycles. The molecule has 0 aromatic heterocycles. The summed E-state index contributed by atoms with van der Waals surface area (Å²) in [6, 6.07) is 0.0449. The third-order valence-electron chi connectivity index (χ3n) is 4.00. The van der Waals surface area contributed by atoms with Gasteiger partial charge in [-0.05, 0) is 53.4 Å². The van der Waals surface area contributed by atoms with Crippen LogP contribution in [0.3, 0.4) is 0 Å². The highest BCUT2D eigenvalue weighted by Gasteiger charge is 2.06. The summed E-state index contributed by atoms with van der Waals surface area (Å²) in [7, 11) is 0. The molecule has 0 spiro atoms. The lowest BCUT2D eigenvalue weighted by Crippen LogP contribution is -2.34. The summed E-state index contributed by atoms with van der Waals surface area (Å²) in [6.45, 7) is 8.33. The normalized spacial score (nSPS) is 12.7. The summed E-state index contributed by atoms with van der Waals surface area (Å²) in [5, 5.41) is 2.88. The van der Waals surface area contributed by atoms with Crippen LogP contribution in [0, 0.1) is 0 Å². The minimum Gasteiger partial charge on any atom is -0.353 e. The van der Waals surface area contributed by atoms with Gasteiger partial charge in [0, 0.05) is 36.1 Å². The summed E-state index contributed by atoms with van der Waals surface area (Å²) in [5.41, 5.74) is 9.13. The van der Waals surface area contributed by atoms with E-state index < -0.39 is 0 Å². The Balaban J connectivity index is 4.32. The Morgan fingerprint density at radius 2 is 1.69 bits per heavy atom. The molecule has 0 saturated heterocycles. The molecule has 0 aromatic carbocycles. The third kappa shape index (κ3) is 17.8. The number of thioether (sulfide) groups is 1. The van der Waals surface area contributed by atoms with Gasteiger partial charge in [0.1, 0.15) is 6.29 Å². The van der Waals surface area contributed by atoms with Crippen LogP contribution in [0.1, 0.15) is 66.2 Å². The van der Waals surface area contributed by atoms with Gasteiger partial charge in [-0.15, -0.1) is 0 Å². The SMILES string of the molecule is CC(C)=CCC/C(C)=C/CC/C(=C/CSCC(C)NC(=O)CCC=O)NNC=O. The average Bonchev–Trinajstić information content (AvgIpc) is 2.66. The minimum atomic E-state index is -0.0926. The standard InChI is InChI=1S/C22H37N3O3S/c1-18(2)8-5-9-19(3)10-6-11-21(25-23-17-27)13-15-29-16-20(4)24-22(28)12-7-14-26/h8,10,13-14,17,20,25H,5-7,9,11-12,15-16H2,1-4H3,(H,23,27)(H,24,28)/b19-10+,21-13-. The zero-order valence-electron chi connectivity index (χ0n) is 18.3. The van der Waals surface area contributed by atoms with Gasteiger partial charge in [-0.2, -0.15) is 11.8 Å². The number of hydrogen-bond acceptors (Lipinski definition) is 5. The Morgan fingerprint density at radius 1 is 0.966 bits per heavy atom. The van der Waals surface area contributed by atoms with Crippen LogP contribution in [0.5, 0.6) is 0 Å². The van der Waals surface area contributed by atoms with E-state index >= 15 is 0 Å². The molecule has 1 atom stereocenters. The zero-order valence-corrected chi connectivity index (χ0v) is 19.1. The summed E-state index contributed by atoms with van der Waals surface area (Å²) >= 11 is 1.70. The van der Waals surface area contributed by atoms with Crippen molar-refractivity contribution in [3.05, 3.63) is 35.1 Å². The second kappa shape index (κ2) is 18.0. The third-order valence-corrected chi connectivity index (χ3v) is 5.14. The van der Waals surface area contributed by atoms with E-state index in [2.05, 4.69) is 55.2 Å². The first-order valence-electron chi connectivity index (χ1n) is 10.1. The fraction of sp³-hybridized carbons (Fsp3) is 0.591. The predicted molar refractivity (Wildman–Crippen MR) is 122 cm³/mol. The first kappa shape index (κ1) is 27.0. The summed E-state index contributed by atoms with van der Waals surface area (Å²) in [5.74, 6) is 1.46. The van der Waals surface area contributed by atoms with Crippen LogP contribution in [0.25, 0.3) is 0 Å². The van der Waals surface area contributed by atoms with Gasteiger partial charge >= 0.3 is 0 Å². The van der Waals surface area contributed by atoms with Crippen molar-refractivity contribution in [2.45, 2.75) is 72.3 Å². The van der Waals surface area contributed by atoms with Crippen molar-refractivity contribution in [2.24, 2.45) is 0 Å². The van der Waals surface area contributed by atoms with Crippen LogP contribution in [0.2, 0.25) is 0 Å². The molecule has 6 nitrogen and oxygen atoms in total. The quantitative estimate of drug-likeness (QED) is 0.143. The molecule has 0 rings (SSSR count). The Morgan fingerprint density at radius 3 is 2.34 bits per heavy atom. The van der Waals surface area contributed by atoms with E-state index in [0.29, 0.717) is 6.41 Å². The van der Waals surface area contributed by atoms with Gasteiger partial charge in [0.15, 0.2) is 0 Å². The number of rotatable bonds is 17. The number of hydrazine groups is 1. The first-order valence-corrected chi connectivity index (χ1v) is 11.3. The Hall–Kier alpha value is -2.02. The number of allylic oxidation sites excluding steroid dienone is 5. The van der Waals surface area contributed by atoms with Gasteiger partial charge in [0.25, 0.3) is 0 Å². The molecule has 29 heavy (non-hydrogen) atoms. The molecule has 1 unspecified atom stereocenters. The molecule has 0 aliphatic heterocycles. The molecule has 3 N–H and O–H groups in total. The second-order valence-electron chi connectivity index (χ2n) is 7.24. The fourth-order valence-corrected chi connectivity index (χ4v) is 3.38. The van der Waals surface area contributed by atoms with Crippen LogP contribution >= 0.6 is 11.8 Å². The number of carbonyl (C=O) groups is 3. The van der Waals surface area contributed by atoms with Gasteiger partial charge in [-0.3, -0.25) is 15.0 Å². The molecule has 0 radical (unpaired) electrons. The molecule has 0 saturated carbocycles. The van der Waals surface area contributed by atoms with Crippen LogP contribution in [-0.4, -0.2) is 36.2 Å². The highest BCUT2D eigenvalue weighted by Crippen LogP contribution is 2.12. The Labute approximate surface area is 180 Å². The lowest BCUT2D eigenvalue weighted by Gasteiger charge is -2.13. The van der Waals surface area contributed by atoms with Crippen molar-refractivity contribution >= 4 is 30.4 Å². The predicted octanol–water partition coefficient (Wildman–Crippen LogP) is 3.81. The molecular formula is C22H37N3O3S. The smallest absolute Gasteiger partial charge is 0.225 e. The van der Waals surface area contributed by atoms with Crippen molar-refractivity contribution < 1.29 is 14.4 Å². The Bertz CT molecular complexity index is 582. The molecule has 2 amide bonds. The molecular weight excluding hydrogens is 386 g/mol. The van der Waals surface area contributed by atoms with Gasteiger partial charge in [-0.25, -0.2) is 0 Å². The highest BCUT2D eigenvalue weighted by atomic mass is 32.2. The molecule has 0 aliphatic rings. The van der Waals surface area contributed by atoms with Crippen molar-refractivity contribution in [3.63, 3.8) is 0 Å². The zero-order chi connectivity index (χ0) is 21.9. The molecule has 0 heterocycles. The highest BCUT2D eigenvalue weighted by molar-refractivity contribution is 7.99. The number of nitrogens with one attached hydrogen (secondary N) is 3. The van der Waals surface area contributed by atoms with Crippen LogP contribution in [0.15, 0.2) is 35.1 Å². The van der Waals surface area contributed by atoms with Crippen molar-refractivity contribution in [1.29, 1.82) is 0 Å². The number of aldehydes is 1. The molecule has 0 fully saturated rings. The van der Waals surface area contributed by atoms with E-state index in [1.807, 2.05) is 6.92 Å². The number of amides is 2. The average molecular weight is 424 g/mol. The number of hydrogen-bond donors (Lipinski definition) is 3. The largest absolute Gasteiger partial charge is 0.353 e. The maximum absolute atomic E-state index is 11.6. The van der Waals surface area contributed by atoms with Gasteiger partial charge in [0.05, 0.1) is 0 Å². The summed E-state index contributed by atoms with van der Waals surface area (Å²) in [6.07, 6.45) is 12.3. The van der Waals surface area contributed by atoms with E-state index in [9.17, 15) is 14.4 Å². The monoisotopic (exact) mass is 423 g/mol. The number of carbonyl (C=O) groups excluding carboxylic acids is 3. The molecule has 0 aromatic rings. The van der Waals surface area contributed by atoms with Gasteiger partial charge < -0.3 is 15.5 Å². The van der Waals surface area contributed by atoms with Gasteiger partial charge in [-0.1, -0.05) is 29.4 Å². The lowest BCUT2D eigenvalue weighted by molar-refractivity contribution is -0.123. The minimum absolute atomic E-state index is 0.0449. The topological polar surface area (TPSA) is 87.3 Å². The lowest BCUT2D eigenvalue weighted by atomic mass is 10.1. The summed E-state index contributed by atoms with van der Waals surface area (Å²) in [4.78, 5) is 32.5. The first-order chi connectivity index (χ1) is 13.9. The van der Waals surface area contributed by atoms with E-state index in [0.717, 1.165) is 49.2 Å². The van der Waals surface area contributed by atoms with Gasteiger partial charge in [0.2, 0.25) is 12.3 Å². The van der Waals surface area contributed by atoms with E-state index in [1.165, 1.54) is 11.1 Å². The molecule has 164 valence electrons. The van der Waals surface area contributed by atoms with Crippen molar-refractivity contribution in [2.75, 3.05) is 11.5 Å². The van der Waals surface area contributed by atoms with Crippen molar-refractivity contribution in [1.82, 2.24) is 16.2 Å². The fourth-order valence-electron chi connectivity index (χ4n) is 2.49. The molecule has 7 heteroatoms. The van der Waals surface area contributed by atoms with Crippen LogP contribution in [0.4, 0.5) is 0 Å². The van der Waals surface area contributed by atoms with E-state index in [-0.39, 0.29) is 24.8 Å². The molecule has 0 bridgehead atoms. The van der Waals surface area contributed by atoms with Crippen molar-refractivity contribution in [3.8, 4) is 0 Å². The maximum atomic E-state index is 11.6.